The Morgan fingerprint density at radius 1 is 1.20 bits per heavy atom. The standard InChI is InChI=1S/C12H9BrF2N2O2S/c1-7-2-10(13)11(15)4-12(7)17-20(18,19)9-3-8(14)5-16-6-9/h2-6,17H,1H3. The lowest BCUT2D eigenvalue weighted by atomic mass is 10.2. The summed E-state index contributed by atoms with van der Waals surface area (Å²) < 4.78 is 53.0. The van der Waals surface area contributed by atoms with Crippen LogP contribution in [0, 0.1) is 18.6 Å². The van der Waals surface area contributed by atoms with Crippen molar-refractivity contribution >= 4 is 31.6 Å². The van der Waals surface area contributed by atoms with Crippen LogP contribution < -0.4 is 4.72 Å². The minimum atomic E-state index is -4.02. The van der Waals surface area contributed by atoms with Gasteiger partial charge in [0.05, 0.1) is 16.4 Å². The largest absolute Gasteiger partial charge is 0.279 e. The summed E-state index contributed by atoms with van der Waals surface area (Å²) in [5.74, 6) is -1.38. The van der Waals surface area contributed by atoms with Gasteiger partial charge in [0.25, 0.3) is 10.0 Å². The van der Waals surface area contributed by atoms with Crippen LogP contribution in [0.4, 0.5) is 14.5 Å². The third kappa shape index (κ3) is 3.13. The first kappa shape index (κ1) is 14.9. The molecule has 0 aliphatic rings. The van der Waals surface area contributed by atoms with Crippen LogP contribution in [-0.2, 0) is 10.0 Å². The van der Waals surface area contributed by atoms with Crippen LogP contribution in [0.2, 0.25) is 0 Å². The number of nitrogens with one attached hydrogen (secondary N) is 1. The van der Waals surface area contributed by atoms with Crippen molar-refractivity contribution in [1.82, 2.24) is 4.98 Å². The van der Waals surface area contributed by atoms with Gasteiger partial charge in [0.1, 0.15) is 16.5 Å². The second kappa shape index (κ2) is 5.45. The molecule has 0 saturated carbocycles. The van der Waals surface area contributed by atoms with Crippen molar-refractivity contribution in [1.29, 1.82) is 0 Å². The van der Waals surface area contributed by atoms with Gasteiger partial charge in [-0.15, -0.1) is 0 Å². The van der Waals surface area contributed by atoms with E-state index < -0.39 is 21.7 Å². The van der Waals surface area contributed by atoms with E-state index in [1.165, 1.54) is 6.07 Å². The molecule has 0 atom stereocenters. The van der Waals surface area contributed by atoms with E-state index in [-0.39, 0.29) is 15.1 Å². The summed E-state index contributed by atoms with van der Waals surface area (Å²) >= 11 is 3.00. The first-order valence-electron chi connectivity index (χ1n) is 5.38. The molecular formula is C12H9BrF2N2O2S. The molecule has 0 fully saturated rings. The summed E-state index contributed by atoms with van der Waals surface area (Å²) in [5.41, 5.74) is 0.598. The van der Waals surface area contributed by atoms with Crippen molar-refractivity contribution in [3.05, 3.63) is 52.3 Å². The Morgan fingerprint density at radius 2 is 1.90 bits per heavy atom. The molecule has 0 aliphatic heterocycles. The van der Waals surface area contributed by atoms with E-state index in [0.717, 1.165) is 24.5 Å². The summed E-state index contributed by atoms with van der Waals surface area (Å²) in [4.78, 5) is 3.14. The molecule has 20 heavy (non-hydrogen) atoms. The minimum absolute atomic E-state index is 0.0787. The van der Waals surface area contributed by atoms with Gasteiger partial charge >= 0.3 is 0 Å². The number of anilines is 1. The molecule has 2 aromatic rings. The molecule has 1 heterocycles. The number of aromatic nitrogens is 1. The second-order valence-electron chi connectivity index (χ2n) is 4.03. The van der Waals surface area contributed by atoms with Crippen molar-refractivity contribution in [3.8, 4) is 0 Å². The average molecular weight is 363 g/mol. The molecule has 4 nitrogen and oxygen atoms in total. The molecule has 1 aromatic heterocycles. The van der Waals surface area contributed by atoms with E-state index in [4.69, 9.17) is 0 Å². The topological polar surface area (TPSA) is 59.1 Å². The minimum Gasteiger partial charge on any atom is -0.279 e. The fourth-order valence-electron chi connectivity index (χ4n) is 1.50. The highest BCUT2D eigenvalue weighted by Gasteiger charge is 2.17. The number of aryl methyl sites for hydroxylation is 1. The zero-order chi connectivity index (χ0) is 14.9. The Labute approximate surface area is 123 Å². The molecule has 0 bridgehead atoms. The number of rotatable bonds is 3. The van der Waals surface area contributed by atoms with Crippen molar-refractivity contribution < 1.29 is 17.2 Å². The molecule has 0 spiro atoms. The van der Waals surface area contributed by atoms with Gasteiger partial charge in [-0.25, -0.2) is 17.2 Å². The predicted molar refractivity (Wildman–Crippen MR) is 73.8 cm³/mol. The lowest BCUT2D eigenvalue weighted by Gasteiger charge is -2.11. The van der Waals surface area contributed by atoms with E-state index in [1.807, 2.05) is 0 Å². The van der Waals surface area contributed by atoms with Gasteiger partial charge < -0.3 is 0 Å². The zero-order valence-corrected chi connectivity index (χ0v) is 12.6. The maximum atomic E-state index is 13.4. The van der Waals surface area contributed by atoms with Gasteiger partial charge in [0.15, 0.2) is 0 Å². The van der Waals surface area contributed by atoms with Crippen molar-refractivity contribution in [2.45, 2.75) is 11.8 Å². The molecule has 0 radical (unpaired) electrons. The van der Waals surface area contributed by atoms with Crippen LogP contribution >= 0.6 is 15.9 Å². The summed E-state index contributed by atoms with van der Waals surface area (Å²) in [6.07, 6.45) is 1.90. The molecule has 0 saturated heterocycles. The van der Waals surface area contributed by atoms with Crippen LogP contribution in [0.25, 0.3) is 0 Å². The normalized spacial score (nSPS) is 11.4. The third-order valence-electron chi connectivity index (χ3n) is 2.50. The molecule has 0 unspecified atom stereocenters. The van der Waals surface area contributed by atoms with Crippen molar-refractivity contribution in [2.75, 3.05) is 4.72 Å². The lowest BCUT2D eigenvalue weighted by Crippen LogP contribution is -2.14. The fourth-order valence-corrected chi connectivity index (χ4v) is 3.05. The number of sulfonamides is 1. The van der Waals surface area contributed by atoms with Crippen molar-refractivity contribution in [3.63, 3.8) is 0 Å². The summed E-state index contributed by atoms with van der Waals surface area (Å²) in [5, 5.41) is 0. The third-order valence-corrected chi connectivity index (χ3v) is 4.44. The number of hydrogen-bond donors (Lipinski definition) is 1. The number of halogens is 3. The Balaban J connectivity index is 2.41. The summed E-state index contributed by atoms with van der Waals surface area (Å²) in [7, 11) is -4.02. The quantitative estimate of drug-likeness (QED) is 0.911. The van der Waals surface area contributed by atoms with Gasteiger partial charge in [-0.2, -0.15) is 0 Å². The molecule has 2 rings (SSSR count). The molecule has 1 N–H and O–H groups in total. The highest BCUT2D eigenvalue weighted by molar-refractivity contribution is 9.10. The number of nitrogens with zero attached hydrogens (tertiary/aromatic N) is 1. The average Bonchev–Trinajstić information content (AvgIpc) is 2.36. The number of pyridine rings is 1. The van der Waals surface area contributed by atoms with Gasteiger partial charge in [-0.1, -0.05) is 0 Å². The highest BCUT2D eigenvalue weighted by Crippen LogP contribution is 2.26. The molecule has 1 aromatic carbocycles. The first-order valence-corrected chi connectivity index (χ1v) is 7.66. The second-order valence-corrected chi connectivity index (χ2v) is 6.56. The van der Waals surface area contributed by atoms with E-state index in [1.54, 1.807) is 6.92 Å². The Bertz CT molecular complexity index is 766. The molecule has 0 amide bonds. The smallest absolute Gasteiger partial charge is 0.263 e. The number of benzene rings is 1. The van der Waals surface area contributed by atoms with E-state index >= 15 is 0 Å². The van der Waals surface area contributed by atoms with Gasteiger partial charge in [-0.05, 0) is 46.6 Å². The zero-order valence-electron chi connectivity index (χ0n) is 10.2. The Kier molecular flexibility index (Phi) is 4.05. The van der Waals surface area contributed by atoms with E-state index in [2.05, 4.69) is 25.6 Å². The lowest BCUT2D eigenvalue weighted by molar-refractivity contribution is 0.592. The van der Waals surface area contributed by atoms with Gasteiger partial charge in [-0.3, -0.25) is 9.71 Å². The van der Waals surface area contributed by atoms with Gasteiger partial charge in [0.2, 0.25) is 0 Å². The van der Waals surface area contributed by atoms with E-state index in [9.17, 15) is 17.2 Å². The van der Waals surface area contributed by atoms with E-state index in [0.29, 0.717) is 5.56 Å². The van der Waals surface area contributed by atoms with Gasteiger partial charge in [0, 0.05) is 6.20 Å². The maximum Gasteiger partial charge on any atom is 0.263 e. The van der Waals surface area contributed by atoms with Crippen molar-refractivity contribution in [2.24, 2.45) is 0 Å². The SMILES string of the molecule is Cc1cc(Br)c(F)cc1NS(=O)(=O)c1cncc(F)c1. The van der Waals surface area contributed by atoms with Crippen LogP contribution in [0.1, 0.15) is 5.56 Å². The molecule has 106 valence electrons. The highest BCUT2D eigenvalue weighted by atomic mass is 79.9. The molecular weight excluding hydrogens is 354 g/mol. The predicted octanol–water partition coefficient (Wildman–Crippen LogP) is 3.23. The molecule has 8 heteroatoms. The Morgan fingerprint density at radius 3 is 2.55 bits per heavy atom. The Hall–Kier alpha value is -1.54. The molecule has 0 aliphatic carbocycles. The number of hydrogen-bond acceptors (Lipinski definition) is 3. The maximum absolute atomic E-state index is 13.4. The van der Waals surface area contributed by atoms with Crippen LogP contribution in [0.15, 0.2) is 40.0 Å². The fraction of sp³-hybridized carbons (Fsp3) is 0.0833. The van der Waals surface area contributed by atoms with Crippen LogP contribution in [0.3, 0.4) is 0 Å². The summed E-state index contributed by atoms with van der Waals surface area (Å²) in [6, 6.07) is 3.32. The van der Waals surface area contributed by atoms with Crippen LogP contribution in [-0.4, -0.2) is 13.4 Å². The monoisotopic (exact) mass is 362 g/mol. The van der Waals surface area contributed by atoms with Crippen LogP contribution in [0.5, 0.6) is 0 Å². The first-order chi connectivity index (χ1) is 9.29. The summed E-state index contributed by atoms with van der Waals surface area (Å²) in [6.45, 7) is 1.62.